The summed E-state index contributed by atoms with van der Waals surface area (Å²) in [5.41, 5.74) is 1.21. The SMILES string of the molecule is CC.CCC(C)C1N=CC=C(C)N1. The maximum atomic E-state index is 4.34. The summed E-state index contributed by atoms with van der Waals surface area (Å²) in [5.74, 6) is 0.620. The third-order valence-electron chi connectivity index (χ3n) is 2.13. The van der Waals surface area contributed by atoms with Gasteiger partial charge in [-0.3, -0.25) is 4.99 Å². The average Bonchev–Trinajstić information content (AvgIpc) is 2.20. The van der Waals surface area contributed by atoms with Crippen molar-refractivity contribution in [2.24, 2.45) is 10.9 Å². The van der Waals surface area contributed by atoms with Gasteiger partial charge in [-0.1, -0.05) is 27.7 Å². The largest absolute Gasteiger partial charge is 0.367 e. The van der Waals surface area contributed by atoms with Crippen molar-refractivity contribution in [1.29, 1.82) is 0 Å². The minimum Gasteiger partial charge on any atom is -0.367 e. The Labute approximate surface area is 82.1 Å². The summed E-state index contributed by atoms with van der Waals surface area (Å²) < 4.78 is 0. The van der Waals surface area contributed by atoms with Gasteiger partial charge in [-0.25, -0.2) is 0 Å². The fourth-order valence-electron chi connectivity index (χ4n) is 1.08. The van der Waals surface area contributed by atoms with Crippen molar-refractivity contribution in [2.75, 3.05) is 0 Å². The molecule has 1 aliphatic rings. The molecule has 0 saturated carbocycles. The van der Waals surface area contributed by atoms with E-state index in [2.05, 4.69) is 31.1 Å². The van der Waals surface area contributed by atoms with Crippen LogP contribution in [0.25, 0.3) is 0 Å². The van der Waals surface area contributed by atoms with E-state index in [1.165, 1.54) is 12.1 Å². The van der Waals surface area contributed by atoms with Crippen molar-refractivity contribution in [3.05, 3.63) is 11.8 Å². The molecule has 2 nitrogen and oxygen atoms in total. The molecular formula is C11H22N2. The van der Waals surface area contributed by atoms with Gasteiger partial charge in [0, 0.05) is 11.9 Å². The fraction of sp³-hybridized carbons (Fsp3) is 0.727. The van der Waals surface area contributed by atoms with E-state index >= 15 is 0 Å². The summed E-state index contributed by atoms with van der Waals surface area (Å²) in [6.45, 7) is 10.5. The molecule has 0 saturated heterocycles. The first-order valence-corrected chi connectivity index (χ1v) is 5.20. The number of aliphatic imine (C=N–C) groups is 1. The van der Waals surface area contributed by atoms with Gasteiger partial charge in [-0.05, 0) is 25.3 Å². The number of nitrogens with zero attached hydrogens (tertiary/aromatic N) is 1. The highest BCUT2D eigenvalue weighted by Crippen LogP contribution is 2.11. The van der Waals surface area contributed by atoms with E-state index in [9.17, 15) is 0 Å². The maximum Gasteiger partial charge on any atom is 0.120 e. The number of nitrogens with one attached hydrogen (secondary N) is 1. The van der Waals surface area contributed by atoms with Crippen molar-refractivity contribution in [3.8, 4) is 0 Å². The minimum absolute atomic E-state index is 0.296. The monoisotopic (exact) mass is 182 g/mol. The van der Waals surface area contributed by atoms with Crippen molar-refractivity contribution in [3.63, 3.8) is 0 Å². The summed E-state index contributed by atoms with van der Waals surface area (Å²) in [7, 11) is 0. The molecule has 0 radical (unpaired) electrons. The molecule has 1 N–H and O–H groups in total. The molecule has 2 unspecified atom stereocenters. The van der Waals surface area contributed by atoms with Gasteiger partial charge in [0.25, 0.3) is 0 Å². The molecule has 0 aromatic carbocycles. The molecule has 0 bridgehead atoms. The second-order valence-electron chi connectivity index (χ2n) is 3.12. The Bertz CT molecular complexity index is 183. The predicted molar refractivity (Wildman–Crippen MR) is 60.0 cm³/mol. The second-order valence-corrected chi connectivity index (χ2v) is 3.12. The summed E-state index contributed by atoms with van der Waals surface area (Å²) >= 11 is 0. The van der Waals surface area contributed by atoms with Crippen LogP contribution in [0, 0.1) is 5.92 Å². The third kappa shape index (κ3) is 4.11. The van der Waals surface area contributed by atoms with Crippen LogP contribution in [0.15, 0.2) is 16.8 Å². The van der Waals surface area contributed by atoms with Crippen LogP contribution in [0.3, 0.4) is 0 Å². The van der Waals surface area contributed by atoms with Crippen LogP contribution >= 0.6 is 0 Å². The molecule has 76 valence electrons. The van der Waals surface area contributed by atoms with Crippen molar-refractivity contribution in [1.82, 2.24) is 5.32 Å². The molecule has 0 amide bonds. The van der Waals surface area contributed by atoms with Crippen molar-refractivity contribution < 1.29 is 0 Å². The smallest absolute Gasteiger partial charge is 0.120 e. The molecule has 1 rings (SSSR count). The Morgan fingerprint density at radius 3 is 2.62 bits per heavy atom. The maximum absolute atomic E-state index is 4.34. The Kier molecular flexibility index (Phi) is 6.29. The molecule has 0 aliphatic carbocycles. The lowest BCUT2D eigenvalue weighted by Gasteiger charge is -2.23. The van der Waals surface area contributed by atoms with Crippen LogP contribution in [0.2, 0.25) is 0 Å². The van der Waals surface area contributed by atoms with Gasteiger partial charge in [0.2, 0.25) is 0 Å². The van der Waals surface area contributed by atoms with Crippen LogP contribution in [0.1, 0.15) is 41.0 Å². The van der Waals surface area contributed by atoms with E-state index < -0.39 is 0 Å². The molecule has 2 atom stereocenters. The molecule has 0 aromatic heterocycles. The van der Waals surface area contributed by atoms with Gasteiger partial charge in [-0.2, -0.15) is 0 Å². The minimum atomic E-state index is 0.296. The van der Waals surface area contributed by atoms with E-state index in [1.807, 2.05) is 26.1 Å². The van der Waals surface area contributed by atoms with Gasteiger partial charge >= 0.3 is 0 Å². The van der Waals surface area contributed by atoms with Crippen LogP contribution in [0.4, 0.5) is 0 Å². The Morgan fingerprint density at radius 1 is 1.54 bits per heavy atom. The lowest BCUT2D eigenvalue weighted by molar-refractivity contribution is 0.402. The first-order valence-electron chi connectivity index (χ1n) is 5.20. The first-order chi connectivity index (χ1) is 6.24. The first kappa shape index (κ1) is 12.2. The highest BCUT2D eigenvalue weighted by Gasteiger charge is 2.14. The van der Waals surface area contributed by atoms with Gasteiger partial charge in [0.05, 0.1) is 0 Å². The molecule has 0 fully saturated rings. The lowest BCUT2D eigenvalue weighted by atomic mass is 10.1. The molecule has 1 heterocycles. The molecule has 0 aromatic rings. The van der Waals surface area contributed by atoms with Gasteiger partial charge < -0.3 is 5.32 Å². The number of allylic oxidation sites excluding steroid dienone is 2. The number of hydrogen-bond acceptors (Lipinski definition) is 2. The molecule has 13 heavy (non-hydrogen) atoms. The second kappa shape index (κ2) is 6.70. The summed E-state index contributed by atoms with van der Waals surface area (Å²) in [6.07, 6.45) is 5.36. The Morgan fingerprint density at radius 2 is 2.15 bits per heavy atom. The van der Waals surface area contributed by atoms with Crippen molar-refractivity contribution in [2.45, 2.75) is 47.2 Å². The standard InChI is InChI=1S/C9H16N2.C2H6/c1-4-7(2)9-10-6-5-8(3)11-9;1-2/h5-7,9,11H,4H2,1-3H3;1-2H3. The van der Waals surface area contributed by atoms with Crippen LogP contribution < -0.4 is 5.32 Å². The molecule has 2 heteroatoms. The highest BCUT2D eigenvalue weighted by molar-refractivity contribution is 5.73. The lowest BCUT2D eigenvalue weighted by Crippen LogP contribution is -2.33. The zero-order chi connectivity index (χ0) is 10.3. The average molecular weight is 182 g/mol. The number of rotatable bonds is 2. The van der Waals surface area contributed by atoms with Gasteiger partial charge in [0.1, 0.15) is 6.17 Å². The molecule has 1 aliphatic heterocycles. The van der Waals surface area contributed by atoms with Gasteiger partial charge in [0.15, 0.2) is 0 Å². The predicted octanol–water partition coefficient (Wildman–Crippen LogP) is 2.96. The molecular weight excluding hydrogens is 160 g/mol. The van der Waals surface area contributed by atoms with E-state index in [-0.39, 0.29) is 0 Å². The van der Waals surface area contributed by atoms with Crippen LogP contribution in [-0.2, 0) is 0 Å². The zero-order valence-electron chi connectivity index (χ0n) is 9.46. The zero-order valence-corrected chi connectivity index (χ0v) is 9.46. The molecule has 0 spiro atoms. The van der Waals surface area contributed by atoms with E-state index in [0.29, 0.717) is 12.1 Å². The topological polar surface area (TPSA) is 24.4 Å². The normalized spacial score (nSPS) is 22.2. The van der Waals surface area contributed by atoms with Crippen molar-refractivity contribution >= 4 is 6.21 Å². The van der Waals surface area contributed by atoms with Gasteiger partial charge in [-0.15, -0.1) is 0 Å². The number of hydrogen-bond donors (Lipinski definition) is 1. The Balaban J connectivity index is 0.000000671. The summed E-state index contributed by atoms with van der Waals surface area (Å²) in [6, 6.07) is 0. The van der Waals surface area contributed by atoms with Crippen LogP contribution in [0.5, 0.6) is 0 Å². The third-order valence-corrected chi connectivity index (χ3v) is 2.13. The fourth-order valence-corrected chi connectivity index (χ4v) is 1.08. The van der Waals surface area contributed by atoms with Crippen LogP contribution in [-0.4, -0.2) is 12.4 Å². The highest BCUT2D eigenvalue weighted by atomic mass is 15.1. The Hall–Kier alpha value is -0.790. The quantitative estimate of drug-likeness (QED) is 0.697. The summed E-state index contributed by atoms with van der Waals surface area (Å²) in [5, 5.41) is 3.33. The van der Waals surface area contributed by atoms with E-state index in [0.717, 1.165) is 0 Å². The van der Waals surface area contributed by atoms with E-state index in [4.69, 9.17) is 0 Å². The summed E-state index contributed by atoms with van der Waals surface area (Å²) in [4.78, 5) is 4.34. The van der Waals surface area contributed by atoms with E-state index in [1.54, 1.807) is 0 Å².